The minimum absolute atomic E-state index is 0.0872. The number of carbonyl (C=O) groups excluding carboxylic acids is 1. The zero-order chi connectivity index (χ0) is 19.6. The van der Waals surface area contributed by atoms with Gasteiger partial charge >= 0.3 is 5.97 Å². The van der Waals surface area contributed by atoms with E-state index in [2.05, 4.69) is 0 Å². The van der Waals surface area contributed by atoms with Gasteiger partial charge < -0.3 is 28.5 Å². The fourth-order valence-corrected chi connectivity index (χ4v) is 3.99. The quantitative estimate of drug-likeness (QED) is 0.531. The predicted molar refractivity (Wildman–Crippen MR) is 96.6 cm³/mol. The number of phenolic OH excluding ortho intramolecular Hbond substituents is 1. The molecule has 5 rings (SSSR count). The van der Waals surface area contributed by atoms with Gasteiger partial charge in [0.25, 0.3) is 0 Å². The molecule has 0 aliphatic carbocycles. The fraction of sp³-hybridized carbons (Fsp3) is 0.300. The molecule has 3 unspecified atom stereocenters. The largest absolute Gasteiger partial charge is 0.507 e. The normalized spacial score (nSPS) is 22.7. The Morgan fingerprint density at radius 2 is 2.11 bits per heavy atom. The summed E-state index contributed by atoms with van der Waals surface area (Å²) in [5, 5.41) is 10.4. The molecule has 1 aromatic heterocycles. The molecule has 0 spiro atoms. The van der Waals surface area contributed by atoms with Crippen LogP contribution in [0, 0.1) is 0 Å². The van der Waals surface area contributed by atoms with Gasteiger partial charge in [-0.1, -0.05) is 6.07 Å². The summed E-state index contributed by atoms with van der Waals surface area (Å²) in [6.45, 7) is 1.31. The summed E-state index contributed by atoms with van der Waals surface area (Å²) in [4.78, 5) is 24.4. The second-order valence-corrected chi connectivity index (χ2v) is 6.78. The lowest BCUT2D eigenvalue weighted by Gasteiger charge is -2.14. The molecule has 28 heavy (non-hydrogen) atoms. The summed E-state index contributed by atoms with van der Waals surface area (Å²) in [6, 6.07) is 6.25. The van der Waals surface area contributed by atoms with E-state index >= 15 is 0 Å². The lowest BCUT2D eigenvalue weighted by molar-refractivity contribution is -0.188. The summed E-state index contributed by atoms with van der Waals surface area (Å²) in [5.41, 5.74) is 0.842. The standard InChI is InChI=1S/C20H16O8/c1-8(21)25-14-6-9-15-13(27-20(9)28-14)7-12(24-2)17-18(23)16-10(22)4-3-5-11(16)26-19(15)17/h3-5,7,9,14,20,22H,6H2,1-2H3. The molecule has 2 aromatic carbocycles. The minimum atomic E-state index is -0.728. The number of methoxy groups -OCH3 is 1. The average molecular weight is 384 g/mol. The Labute approximate surface area is 158 Å². The Kier molecular flexibility index (Phi) is 3.54. The Bertz CT molecular complexity index is 1190. The lowest BCUT2D eigenvalue weighted by Crippen LogP contribution is -2.19. The second kappa shape index (κ2) is 5.87. The first-order valence-electron chi connectivity index (χ1n) is 8.76. The highest BCUT2D eigenvalue weighted by Crippen LogP contribution is 2.51. The van der Waals surface area contributed by atoms with E-state index in [1.54, 1.807) is 18.2 Å². The van der Waals surface area contributed by atoms with Crippen LogP contribution in [-0.2, 0) is 14.3 Å². The van der Waals surface area contributed by atoms with Crippen molar-refractivity contribution in [2.75, 3.05) is 7.11 Å². The molecule has 2 aliphatic heterocycles. The van der Waals surface area contributed by atoms with Crippen LogP contribution >= 0.6 is 0 Å². The Morgan fingerprint density at radius 1 is 1.29 bits per heavy atom. The van der Waals surface area contributed by atoms with E-state index in [1.807, 2.05) is 0 Å². The second-order valence-electron chi connectivity index (χ2n) is 6.78. The number of rotatable bonds is 2. The number of benzene rings is 2. The van der Waals surface area contributed by atoms with Gasteiger partial charge in [0.15, 0.2) is 0 Å². The molecule has 0 saturated carbocycles. The minimum Gasteiger partial charge on any atom is -0.507 e. The van der Waals surface area contributed by atoms with Gasteiger partial charge in [0, 0.05) is 25.0 Å². The van der Waals surface area contributed by atoms with Crippen molar-refractivity contribution in [2.45, 2.75) is 31.8 Å². The zero-order valence-electron chi connectivity index (χ0n) is 15.1. The summed E-state index contributed by atoms with van der Waals surface area (Å²) in [5.74, 6) is -0.111. The van der Waals surface area contributed by atoms with Crippen LogP contribution in [0.2, 0.25) is 0 Å². The number of carbonyl (C=O) groups is 1. The van der Waals surface area contributed by atoms with Crippen molar-refractivity contribution >= 4 is 27.9 Å². The highest BCUT2D eigenvalue weighted by Gasteiger charge is 2.47. The molecule has 3 heterocycles. The number of esters is 1. The molecule has 1 fully saturated rings. The van der Waals surface area contributed by atoms with Crippen LogP contribution in [-0.4, -0.2) is 30.8 Å². The van der Waals surface area contributed by atoms with E-state index in [4.69, 9.17) is 23.4 Å². The molecule has 8 nitrogen and oxygen atoms in total. The maximum atomic E-state index is 13.1. The van der Waals surface area contributed by atoms with Gasteiger partial charge in [0.05, 0.1) is 13.0 Å². The van der Waals surface area contributed by atoms with Crippen LogP contribution in [0.25, 0.3) is 21.9 Å². The van der Waals surface area contributed by atoms with Crippen LogP contribution in [0.3, 0.4) is 0 Å². The molecule has 3 atom stereocenters. The van der Waals surface area contributed by atoms with Gasteiger partial charge in [0.1, 0.15) is 39.2 Å². The zero-order valence-corrected chi connectivity index (χ0v) is 15.1. The first-order valence-corrected chi connectivity index (χ1v) is 8.76. The highest BCUT2D eigenvalue weighted by molar-refractivity contribution is 5.98. The lowest BCUT2D eigenvalue weighted by atomic mass is 9.95. The Hall–Kier alpha value is -3.26. The van der Waals surface area contributed by atoms with Gasteiger partial charge in [0.2, 0.25) is 18.0 Å². The van der Waals surface area contributed by atoms with Crippen LogP contribution in [0.15, 0.2) is 33.5 Å². The van der Waals surface area contributed by atoms with Crippen LogP contribution < -0.4 is 14.9 Å². The van der Waals surface area contributed by atoms with Crippen LogP contribution in [0.5, 0.6) is 17.2 Å². The average Bonchev–Trinajstić information content (AvgIpc) is 3.16. The summed E-state index contributed by atoms with van der Waals surface area (Å²) >= 11 is 0. The van der Waals surface area contributed by atoms with Gasteiger partial charge in [-0.3, -0.25) is 9.59 Å². The Balaban J connectivity index is 1.77. The van der Waals surface area contributed by atoms with Crippen LogP contribution in [0.4, 0.5) is 0 Å². The summed E-state index contributed by atoms with van der Waals surface area (Å²) in [7, 11) is 1.44. The number of phenols is 1. The number of hydrogen-bond donors (Lipinski definition) is 1. The maximum Gasteiger partial charge on any atom is 0.304 e. The van der Waals surface area contributed by atoms with Crippen molar-refractivity contribution in [3.05, 3.63) is 40.1 Å². The molecule has 2 aliphatic rings. The third-order valence-corrected chi connectivity index (χ3v) is 5.11. The van der Waals surface area contributed by atoms with Crippen molar-refractivity contribution in [1.29, 1.82) is 0 Å². The van der Waals surface area contributed by atoms with Gasteiger partial charge in [-0.15, -0.1) is 0 Å². The number of hydrogen-bond acceptors (Lipinski definition) is 8. The molecule has 144 valence electrons. The number of aromatic hydroxyl groups is 1. The SMILES string of the molecule is COc1cc2c(c3oc4cccc(O)c4c(=O)c13)C1CC(OC(C)=O)OC1O2. The predicted octanol–water partition coefficient (Wildman–Crippen LogP) is 2.77. The summed E-state index contributed by atoms with van der Waals surface area (Å²) in [6.07, 6.45) is -1.01. The third kappa shape index (κ3) is 2.27. The number of fused-ring (bicyclic) bond motifs is 6. The first kappa shape index (κ1) is 16.9. The van der Waals surface area contributed by atoms with E-state index in [9.17, 15) is 14.7 Å². The van der Waals surface area contributed by atoms with E-state index in [-0.39, 0.29) is 33.8 Å². The van der Waals surface area contributed by atoms with Crippen molar-refractivity contribution in [3.8, 4) is 17.2 Å². The van der Waals surface area contributed by atoms with E-state index < -0.39 is 24.0 Å². The van der Waals surface area contributed by atoms with Gasteiger partial charge in [-0.2, -0.15) is 0 Å². The van der Waals surface area contributed by atoms with E-state index in [0.29, 0.717) is 23.3 Å². The molecular weight excluding hydrogens is 368 g/mol. The molecule has 1 saturated heterocycles. The van der Waals surface area contributed by atoms with E-state index in [1.165, 1.54) is 20.1 Å². The molecule has 0 amide bonds. The monoisotopic (exact) mass is 384 g/mol. The highest BCUT2D eigenvalue weighted by atomic mass is 16.8. The molecular formula is C20H16O8. The first-order chi connectivity index (χ1) is 13.5. The molecule has 0 radical (unpaired) electrons. The van der Waals surface area contributed by atoms with Crippen molar-refractivity contribution in [3.63, 3.8) is 0 Å². The fourth-order valence-electron chi connectivity index (χ4n) is 3.99. The number of ether oxygens (including phenoxy) is 4. The topological polar surface area (TPSA) is 104 Å². The van der Waals surface area contributed by atoms with Gasteiger partial charge in [-0.25, -0.2) is 0 Å². The van der Waals surface area contributed by atoms with E-state index in [0.717, 1.165) is 0 Å². The van der Waals surface area contributed by atoms with Crippen molar-refractivity contribution < 1.29 is 33.3 Å². The molecule has 0 bridgehead atoms. The van der Waals surface area contributed by atoms with Crippen molar-refractivity contribution in [2.24, 2.45) is 0 Å². The molecule has 1 N–H and O–H groups in total. The molecule has 8 heteroatoms. The van der Waals surface area contributed by atoms with Crippen LogP contribution in [0.1, 0.15) is 24.8 Å². The van der Waals surface area contributed by atoms with Crippen molar-refractivity contribution in [1.82, 2.24) is 0 Å². The third-order valence-electron chi connectivity index (χ3n) is 5.11. The Morgan fingerprint density at radius 3 is 2.86 bits per heavy atom. The maximum absolute atomic E-state index is 13.1. The molecule has 3 aromatic rings. The van der Waals surface area contributed by atoms with Gasteiger partial charge in [-0.05, 0) is 12.1 Å². The smallest absolute Gasteiger partial charge is 0.304 e. The summed E-state index contributed by atoms with van der Waals surface area (Å²) < 4.78 is 28.1.